The molecule has 1 aromatic carbocycles. The lowest BCUT2D eigenvalue weighted by Crippen LogP contribution is -2.55. The van der Waals surface area contributed by atoms with Crippen LogP contribution in [0.3, 0.4) is 0 Å². The normalized spacial score (nSPS) is 26.1. The number of hydrogen-bond donors (Lipinski definition) is 2. The van der Waals surface area contributed by atoms with E-state index >= 15 is 0 Å². The van der Waals surface area contributed by atoms with Gasteiger partial charge in [0.2, 0.25) is 0 Å². The monoisotopic (exact) mass is 261 g/mol. The van der Waals surface area contributed by atoms with Gasteiger partial charge in [0.05, 0.1) is 5.41 Å². The number of aliphatic carboxylic acids is 1. The molecule has 3 nitrogen and oxygen atoms in total. The van der Waals surface area contributed by atoms with Crippen molar-refractivity contribution in [3.63, 3.8) is 0 Å². The van der Waals surface area contributed by atoms with Crippen molar-refractivity contribution in [2.75, 3.05) is 6.54 Å². The molecule has 1 fully saturated rings. The molecule has 0 spiro atoms. The van der Waals surface area contributed by atoms with Gasteiger partial charge in [0.1, 0.15) is 0 Å². The first-order valence-corrected chi connectivity index (χ1v) is 6.83. The van der Waals surface area contributed by atoms with Gasteiger partial charge in [-0.2, -0.15) is 0 Å². The summed E-state index contributed by atoms with van der Waals surface area (Å²) < 4.78 is 0. The maximum atomic E-state index is 12.0. The first kappa shape index (κ1) is 14.1. The minimum atomic E-state index is -0.759. The fraction of sp³-hybridized carbons (Fsp3) is 0.562. The molecule has 0 bridgehead atoms. The molecule has 2 N–H and O–H groups in total. The van der Waals surface area contributed by atoms with E-state index in [0.717, 1.165) is 23.2 Å². The van der Waals surface area contributed by atoms with Crippen molar-refractivity contribution in [2.24, 2.45) is 0 Å². The van der Waals surface area contributed by atoms with Crippen molar-refractivity contribution >= 4 is 5.97 Å². The van der Waals surface area contributed by atoms with Crippen LogP contribution in [0.2, 0.25) is 0 Å². The molecule has 0 saturated carbocycles. The second-order valence-corrected chi connectivity index (χ2v) is 6.44. The Morgan fingerprint density at radius 3 is 2.58 bits per heavy atom. The highest BCUT2D eigenvalue weighted by molar-refractivity contribution is 5.82. The molecular formula is C16H23NO2. The Labute approximate surface area is 115 Å². The number of benzene rings is 1. The molecule has 0 radical (unpaired) electrons. The molecule has 3 heteroatoms. The zero-order chi connectivity index (χ0) is 14.3. The minimum Gasteiger partial charge on any atom is -0.481 e. The molecule has 1 heterocycles. The third-order valence-electron chi connectivity index (χ3n) is 4.22. The van der Waals surface area contributed by atoms with Gasteiger partial charge in [-0.15, -0.1) is 0 Å². The van der Waals surface area contributed by atoms with E-state index in [1.165, 1.54) is 0 Å². The minimum absolute atomic E-state index is 0.146. The van der Waals surface area contributed by atoms with E-state index in [2.05, 4.69) is 19.2 Å². The quantitative estimate of drug-likeness (QED) is 0.860. The summed E-state index contributed by atoms with van der Waals surface area (Å²) in [6.45, 7) is 8.93. The van der Waals surface area contributed by atoms with Gasteiger partial charge in [0, 0.05) is 5.54 Å². The second kappa shape index (κ2) is 4.64. The average molecular weight is 261 g/mol. The maximum absolute atomic E-state index is 12.0. The predicted molar refractivity (Wildman–Crippen MR) is 76.5 cm³/mol. The summed E-state index contributed by atoms with van der Waals surface area (Å²) in [4.78, 5) is 12.0. The molecule has 1 aliphatic heterocycles. The molecule has 2 rings (SSSR count). The molecule has 0 aromatic heterocycles. The van der Waals surface area contributed by atoms with Gasteiger partial charge >= 0.3 is 5.97 Å². The number of rotatable bonds is 2. The van der Waals surface area contributed by atoms with Crippen LogP contribution < -0.4 is 5.32 Å². The molecule has 1 saturated heterocycles. The lowest BCUT2D eigenvalue weighted by molar-refractivity contribution is -0.146. The van der Waals surface area contributed by atoms with E-state index < -0.39 is 11.4 Å². The van der Waals surface area contributed by atoms with Gasteiger partial charge in [-0.3, -0.25) is 4.79 Å². The number of aryl methyl sites for hydroxylation is 2. The third-order valence-corrected chi connectivity index (χ3v) is 4.22. The van der Waals surface area contributed by atoms with Crippen LogP contribution in [-0.2, 0) is 10.2 Å². The van der Waals surface area contributed by atoms with E-state index in [-0.39, 0.29) is 5.54 Å². The number of carbonyl (C=O) groups is 1. The Morgan fingerprint density at radius 1 is 1.32 bits per heavy atom. The molecule has 104 valence electrons. The first-order valence-electron chi connectivity index (χ1n) is 6.83. The van der Waals surface area contributed by atoms with Crippen LogP contribution in [0.15, 0.2) is 18.2 Å². The van der Waals surface area contributed by atoms with E-state index in [9.17, 15) is 9.90 Å². The predicted octanol–water partition coefficient (Wildman–Crippen LogP) is 2.79. The van der Waals surface area contributed by atoms with E-state index in [0.29, 0.717) is 12.8 Å². The smallest absolute Gasteiger partial charge is 0.314 e. The molecule has 0 aliphatic carbocycles. The fourth-order valence-electron chi connectivity index (χ4n) is 3.30. The summed E-state index contributed by atoms with van der Waals surface area (Å²) in [7, 11) is 0. The highest BCUT2D eigenvalue weighted by atomic mass is 16.4. The Bertz CT molecular complexity index is 507. The van der Waals surface area contributed by atoms with Crippen molar-refractivity contribution in [1.29, 1.82) is 0 Å². The maximum Gasteiger partial charge on any atom is 0.314 e. The average Bonchev–Trinajstić information content (AvgIpc) is 2.30. The van der Waals surface area contributed by atoms with Gasteiger partial charge < -0.3 is 10.4 Å². The standard InChI is InChI=1S/C16H23NO2/c1-11-5-6-12(2)13(9-11)16(14(18)19)7-8-17-15(3,4)10-16/h5-6,9,17H,7-8,10H2,1-4H3,(H,18,19). The van der Waals surface area contributed by atoms with Crippen LogP contribution in [0.25, 0.3) is 0 Å². The van der Waals surface area contributed by atoms with Gasteiger partial charge in [-0.05, 0) is 58.2 Å². The summed E-state index contributed by atoms with van der Waals surface area (Å²) in [5.74, 6) is -0.698. The Balaban J connectivity index is 2.56. The first-order chi connectivity index (χ1) is 8.77. The highest BCUT2D eigenvalue weighted by Gasteiger charge is 2.47. The SMILES string of the molecule is Cc1ccc(C)c(C2(C(=O)O)CCNC(C)(C)C2)c1. The summed E-state index contributed by atoms with van der Waals surface area (Å²) in [5.41, 5.74) is 2.27. The molecule has 0 amide bonds. The lowest BCUT2D eigenvalue weighted by Gasteiger charge is -2.44. The van der Waals surface area contributed by atoms with Crippen molar-refractivity contribution in [3.8, 4) is 0 Å². The van der Waals surface area contributed by atoms with Crippen LogP contribution in [0.1, 0.15) is 43.4 Å². The number of nitrogens with one attached hydrogen (secondary N) is 1. The summed E-state index contributed by atoms with van der Waals surface area (Å²) in [5, 5.41) is 13.3. The summed E-state index contributed by atoms with van der Waals surface area (Å²) in [6, 6.07) is 6.12. The summed E-state index contributed by atoms with van der Waals surface area (Å²) >= 11 is 0. The molecule has 1 unspecified atom stereocenters. The number of hydrogen-bond acceptors (Lipinski definition) is 2. The largest absolute Gasteiger partial charge is 0.481 e. The van der Waals surface area contributed by atoms with Crippen molar-refractivity contribution in [3.05, 3.63) is 34.9 Å². The Hall–Kier alpha value is -1.35. The van der Waals surface area contributed by atoms with E-state index in [1.54, 1.807) is 0 Å². The van der Waals surface area contributed by atoms with E-state index in [4.69, 9.17) is 0 Å². The molecule has 1 aliphatic rings. The Morgan fingerprint density at radius 2 is 2.00 bits per heavy atom. The molecule has 1 atom stereocenters. The zero-order valence-corrected chi connectivity index (χ0v) is 12.2. The second-order valence-electron chi connectivity index (χ2n) is 6.44. The number of carboxylic acid groups (broad SMARTS) is 1. The van der Waals surface area contributed by atoms with Crippen LogP contribution in [0.4, 0.5) is 0 Å². The van der Waals surface area contributed by atoms with Gasteiger partial charge in [0.15, 0.2) is 0 Å². The van der Waals surface area contributed by atoms with Gasteiger partial charge in [0.25, 0.3) is 0 Å². The Kier molecular flexibility index (Phi) is 3.43. The van der Waals surface area contributed by atoms with Crippen molar-refractivity contribution in [2.45, 2.75) is 51.5 Å². The highest BCUT2D eigenvalue weighted by Crippen LogP contribution is 2.41. The topological polar surface area (TPSA) is 49.3 Å². The van der Waals surface area contributed by atoms with Crippen LogP contribution in [0.5, 0.6) is 0 Å². The number of piperidine rings is 1. The van der Waals surface area contributed by atoms with Crippen LogP contribution in [0, 0.1) is 13.8 Å². The zero-order valence-electron chi connectivity index (χ0n) is 12.2. The fourth-order valence-corrected chi connectivity index (χ4v) is 3.30. The van der Waals surface area contributed by atoms with Gasteiger partial charge in [-0.1, -0.05) is 23.8 Å². The number of carboxylic acids is 1. The molecule has 19 heavy (non-hydrogen) atoms. The van der Waals surface area contributed by atoms with Crippen LogP contribution in [-0.4, -0.2) is 23.2 Å². The van der Waals surface area contributed by atoms with Crippen molar-refractivity contribution in [1.82, 2.24) is 5.32 Å². The third kappa shape index (κ3) is 2.52. The molecular weight excluding hydrogens is 238 g/mol. The molecule has 1 aromatic rings. The van der Waals surface area contributed by atoms with Crippen molar-refractivity contribution < 1.29 is 9.90 Å². The lowest BCUT2D eigenvalue weighted by atomic mass is 9.66. The van der Waals surface area contributed by atoms with Crippen LogP contribution >= 0.6 is 0 Å². The van der Waals surface area contributed by atoms with Gasteiger partial charge in [-0.25, -0.2) is 0 Å². The van der Waals surface area contributed by atoms with E-state index in [1.807, 2.05) is 32.0 Å². The summed E-state index contributed by atoms with van der Waals surface area (Å²) in [6.07, 6.45) is 1.27.